The molecule has 0 unspecified atom stereocenters. The Labute approximate surface area is 96.7 Å². The van der Waals surface area contributed by atoms with E-state index in [4.69, 9.17) is 10.4 Å². The molecule has 0 atom stereocenters. The van der Waals surface area contributed by atoms with E-state index in [2.05, 4.69) is 0 Å². The summed E-state index contributed by atoms with van der Waals surface area (Å²) in [5.41, 5.74) is -0.541. The number of aliphatic hydroxyl groups excluding tert-OH is 1. The summed E-state index contributed by atoms with van der Waals surface area (Å²) in [6, 6.07) is 4.69. The monoisotopic (exact) mass is 244 g/mol. The van der Waals surface area contributed by atoms with Crippen molar-refractivity contribution in [2.45, 2.75) is 6.18 Å². The third-order valence-corrected chi connectivity index (χ3v) is 2.29. The van der Waals surface area contributed by atoms with Gasteiger partial charge in [-0.25, -0.2) is 0 Å². The Morgan fingerprint density at radius 1 is 1.41 bits per heavy atom. The minimum Gasteiger partial charge on any atom is -0.395 e. The number of halogens is 3. The maximum absolute atomic E-state index is 12.4. The second-order valence-electron chi connectivity index (χ2n) is 3.49. The summed E-state index contributed by atoms with van der Waals surface area (Å²) in [5.74, 6) is 0. The quantitative estimate of drug-likeness (QED) is 0.884. The van der Waals surface area contributed by atoms with Crippen molar-refractivity contribution in [1.82, 2.24) is 0 Å². The molecule has 1 aromatic rings. The van der Waals surface area contributed by atoms with Crippen LogP contribution in [0.1, 0.15) is 11.1 Å². The first kappa shape index (κ1) is 13.3. The Kier molecular flexibility index (Phi) is 3.97. The first-order valence-corrected chi connectivity index (χ1v) is 4.83. The summed E-state index contributed by atoms with van der Waals surface area (Å²) >= 11 is 0. The summed E-state index contributed by atoms with van der Waals surface area (Å²) in [6.07, 6.45) is -4.46. The van der Waals surface area contributed by atoms with Gasteiger partial charge >= 0.3 is 6.18 Å². The number of aliphatic hydroxyl groups is 1. The SMILES string of the molecule is CN(CCO)c1ccc(C(F)(F)F)cc1C#N. The van der Waals surface area contributed by atoms with E-state index in [0.29, 0.717) is 5.69 Å². The lowest BCUT2D eigenvalue weighted by molar-refractivity contribution is -0.137. The Morgan fingerprint density at radius 2 is 2.06 bits per heavy atom. The van der Waals surface area contributed by atoms with Crippen molar-refractivity contribution in [2.24, 2.45) is 0 Å². The zero-order chi connectivity index (χ0) is 13.1. The molecule has 6 heteroatoms. The van der Waals surface area contributed by atoms with E-state index < -0.39 is 11.7 Å². The van der Waals surface area contributed by atoms with E-state index in [1.807, 2.05) is 0 Å². The molecule has 0 bridgehead atoms. The van der Waals surface area contributed by atoms with Gasteiger partial charge in [0.25, 0.3) is 0 Å². The van der Waals surface area contributed by atoms with Crippen LogP contribution in [0.3, 0.4) is 0 Å². The molecule has 0 spiro atoms. The standard InChI is InChI=1S/C11H11F3N2O/c1-16(4-5-17)10-3-2-9(11(12,13)14)6-8(10)7-15/h2-3,6,17H,4-5H2,1H3. The average molecular weight is 244 g/mol. The van der Waals surface area contributed by atoms with Crippen LogP contribution in [-0.4, -0.2) is 25.3 Å². The van der Waals surface area contributed by atoms with Gasteiger partial charge in [0.15, 0.2) is 0 Å². The fraction of sp³-hybridized carbons (Fsp3) is 0.364. The van der Waals surface area contributed by atoms with Crippen molar-refractivity contribution in [3.05, 3.63) is 29.3 Å². The Balaban J connectivity index is 3.16. The maximum atomic E-state index is 12.4. The predicted molar refractivity (Wildman–Crippen MR) is 56.5 cm³/mol. The van der Waals surface area contributed by atoms with Crippen LogP contribution in [0.4, 0.5) is 18.9 Å². The lowest BCUT2D eigenvalue weighted by Gasteiger charge is -2.20. The van der Waals surface area contributed by atoms with Gasteiger partial charge in [-0.15, -0.1) is 0 Å². The molecule has 0 fully saturated rings. The molecule has 0 aromatic heterocycles. The number of benzene rings is 1. The third kappa shape index (κ3) is 3.11. The lowest BCUT2D eigenvalue weighted by Crippen LogP contribution is -2.22. The molecule has 17 heavy (non-hydrogen) atoms. The molecule has 0 heterocycles. The number of nitriles is 1. The van der Waals surface area contributed by atoms with Crippen molar-refractivity contribution in [3.8, 4) is 6.07 Å². The second kappa shape index (κ2) is 5.06. The highest BCUT2D eigenvalue weighted by Gasteiger charge is 2.31. The van der Waals surface area contributed by atoms with Crippen molar-refractivity contribution < 1.29 is 18.3 Å². The largest absolute Gasteiger partial charge is 0.416 e. The van der Waals surface area contributed by atoms with E-state index in [9.17, 15) is 13.2 Å². The van der Waals surface area contributed by atoms with Crippen LogP contribution in [-0.2, 0) is 6.18 Å². The highest BCUT2D eigenvalue weighted by Crippen LogP contribution is 2.32. The molecule has 1 aromatic carbocycles. The van der Waals surface area contributed by atoms with Gasteiger partial charge < -0.3 is 10.0 Å². The summed E-state index contributed by atoms with van der Waals surface area (Å²) in [4.78, 5) is 1.53. The van der Waals surface area contributed by atoms with Crippen LogP contribution < -0.4 is 4.90 Å². The Morgan fingerprint density at radius 3 is 2.53 bits per heavy atom. The number of rotatable bonds is 3. The van der Waals surface area contributed by atoms with Crippen LogP contribution in [0, 0.1) is 11.3 Å². The summed E-state index contributed by atoms with van der Waals surface area (Å²) < 4.78 is 37.3. The molecule has 0 radical (unpaired) electrons. The number of nitrogens with zero attached hydrogens (tertiary/aromatic N) is 2. The Hall–Kier alpha value is -1.74. The minimum absolute atomic E-state index is 0.0595. The van der Waals surface area contributed by atoms with E-state index >= 15 is 0 Å². The van der Waals surface area contributed by atoms with Crippen LogP contribution in [0.2, 0.25) is 0 Å². The molecular formula is C11H11F3N2O. The van der Waals surface area contributed by atoms with Gasteiger partial charge in [-0.1, -0.05) is 0 Å². The lowest BCUT2D eigenvalue weighted by atomic mass is 10.1. The molecule has 0 aliphatic carbocycles. The summed E-state index contributed by atoms with van der Waals surface area (Å²) in [5, 5.41) is 17.6. The molecule has 0 aliphatic rings. The van der Waals surface area contributed by atoms with Crippen molar-refractivity contribution >= 4 is 5.69 Å². The second-order valence-corrected chi connectivity index (χ2v) is 3.49. The highest BCUT2D eigenvalue weighted by molar-refractivity contribution is 5.60. The fourth-order valence-electron chi connectivity index (χ4n) is 1.41. The van der Waals surface area contributed by atoms with Crippen molar-refractivity contribution in [1.29, 1.82) is 5.26 Å². The van der Waals surface area contributed by atoms with E-state index in [1.54, 1.807) is 13.1 Å². The van der Waals surface area contributed by atoms with Crippen LogP contribution in [0.25, 0.3) is 0 Å². The van der Waals surface area contributed by atoms with Gasteiger partial charge in [0.05, 0.1) is 23.4 Å². The first-order chi connectivity index (χ1) is 7.90. The number of anilines is 1. The zero-order valence-corrected chi connectivity index (χ0v) is 9.12. The molecular weight excluding hydrogens is 233 g/mol. The highest BCUT2D eigenvalue weighted by atomic mass is 19.4. The van der Waals surface area contributed by atoms with Crippen LogP contribution in [0.5, 0.6) is 0 Å². The molecule has 0 saturated carbocycles. The van der Waals surface area contributed by atoms with Gasteiger partial charge in [-0.3, -0.25) is 0 Å². The molecule has 92 valence electrons. The van der Waals surface area contributed by atoms with Crippen LogP contribution >= 0.6 is 0 Å². The molecule has 3 nitrogen and oxygen atoms in total. The molecule has 1 N–H and O–H groups in total. The summed E-state index contributed by atoms with van der Waals surface area (Å²) in [7, 11) is 1.60. The average Bonchev–Trinajstić information content (AvgIpc) is 2.27. The maximum Gasteiger partial charge on any atom is 0.416 e. The predicted octanol–water partition coefficient (Wildman–Crippen LogP) is 2.01. The van der Waals surface area contributed by atoms with Gasteiger partial charge in [-0.2, -0.15) is 18.4 Å². The van der Waals surface area contributed by atoms with E-state index in [-0.39, 0.29) is 18.7 Å². The Bertz CT molecular complexity index is 437. The van der Waals surface area contributed by atoms with E-state index in [0.717, 1.165) is 12.1 Å². The first-order valence-electron chi connectivity index (χ1n) is 4.83. The topological polar surface area (TPSA) is 47.3 Å². The van der Waals surface area contributed by atoms with Gasteiger partial charge in [0.1, 0.15) is 6.07 Å². The van der Waals surface area contributed by atoms with E-state index in [1.165, 1.54) is 11.0 Å². The minimum atomic E-state index is -4.46. The molecule has 1 rings (SSSR count). The number of likely N-dealkylation sites (N-methyl/N-ethyl adjacent to an activating group) is 1. The summed E-state index contributed by atoms with van der Waals surface area (Å²) in [6.45, 7) is 0.114. The zero-order valence-electron chi connectivity index (χ0n) is 9.12. The van der Waals surface area contributed by atoms with Gasteiger partial charge in [0.2, 0.25) is 0 Å². The molecule has 0 saturated heterocycles. The van der Waals surface area contributed by atoms with Crippen LogP contribution in [0.15, 0.2) is 18.2 Å². The van der Waals surface area contributed by atoms with Gasteiger partial charge in [0, 0.05) is 13.6 Å². The third-order valence-electron chi connectivity index (χ3n) is 2.29. The smallest absolute Gasteiger partial charge is 0.395 e. The van der Waals surface area contributed by atoms with Gasteiger partial charge in [-0.05, 0) is 18.2 Å². The molecule has 0 amide bonds. The number of hydrogen-bond donors (Lipinski definition) is 1. The number of hydrogen-bond acceptors (Lipinski definition) is 3. The number of alkyl halides is 3. The van der Waals surface area contributed by atoms with Crippen molar-refractivity contribution in [2.75, 3.05) is 25.1 Å². The molecule has 0 aliphatic heterocycles. The normalized spacial score (nSPS) is 11.1. The fourth-order valence-corrected chi connectivity index (χ4v) is 1.41. The van der Waals surface area contributed by atoms with Crippen molar-refractivity contribution in [3.63, 3.8) is 0 Å².